The van der Waals surface area contributed by atoms with Crippen LogP contribution in [0.2, 0.25) is 0 Å². The summed E-state index contributed by atoms with van der Waals surface area (Å²) in [4.78, 5) is 39.9. The van der Waals surface area contributed by atoms with Crippen molar-refractivity contribution in [1.82, 2.24) is 19.7 Å². The summed E-state index contributed by atoms with van der Waals surface area (Å²) in [6.45, 7) is 0. The molecule has 0 saturated heterocycles. The van der Waals surface area contributed by atoms with Crippen molar-refractivity contribution in [3.05, 3.63) is 103 Å². The summed E-state index contributed by atoms with van der Waals surface area (Å²) in [7, 11) is 0. The van der Waals surface area contributed by atoms with E-state index in [1.54, 1.807) is 24.3 Å². The van der Waals surface area contributed by atoms with E-state index in [-0.39, 0.29) is 17.1 Å². The zero-order chi connectivity index (χ0) is 24.7. The molecule has 0 amide bonds. The van der Waals surface area contributed by atoms with Crippen LogP contribution in [0.1, 0.15) is 0 Å². The minimum atomic E-state index is -0.737. The van der Waals surface area contributed by atoms with E-state index in [9.17, 15) is 30.3 Å². The summed E-state index contributed by atoms with van der Waals surface area (Å²) in [6.07, 6.45) is 0. The second-order valence-electron chi connectivity index (χ2n) is 7.42. The van der Waals surface area contributed by atoms with Crippen LogP contribution in [0.25, 0.3) is 39.5 Å². The molecule has 0 unspecified atom stereocenters. The Bertz CT molecular complexity index is 1620. The van der Waals surface area contributed by atoms with Crippen LogP contribution >= 0.6 is 0 Å². The first-order chi connectivity index (χ1) is 16.8. The van der Waals surface area contributed by atoms with E-state index in [4.69, 9.17) is 0 Å². The number of rotatable bonds is 6. The van der Waals surface area contributed by atoms with Crippen LogP contribution in [0.5, 0.6) is 0 Å². The zero-order valence-corrected chi connectivity index (χ0v) is 17.6. The van der Waals surface area contributed by atoms with E-state index < -0.39 is 26.1 Å². The van der Waals surface area contributed by atoms with Crippen LogP contribution in [-0.2, 0) is 0 Å². The van der Waals surface area contributed by atoms with Gasteiger partial charge in [0.15, 0.2) is 5.82 Å². The van der Waals surface area contributed by atoms with Gasteiger partial charge in [0.05, 0.1) is 37.6 Å². The Balaban J connectivity index is 1.77. The average molecular weight is 471 g/mol. The number of nitrogens with one attached hydrogen (secondary N) is 1. The number of hydrogen-bond donors (Lipinski definition) is 1. The zero-order valence-electron chi connectivity index (χ0n) is 17.6. The molecule has 0 spiro atoms. The van der Waals surface area contributed by atoms with Crippen LogP contribution in [0.3, 0.4) is 0 Å². The number of hydrogen-bond acceptors (Lipinski definition) is 8. The number of fused-ring (bicyclic) bond motifs is 1. The van der Waals surface area contributed by atoms with Crippen LogP contribution in [0.4, 0.5) is 17.1 Å². The van der Waals surface area contributed by atoms with Gasteiger partial charge >= 0.3 is 5.69 Å². The molecule has 2 heterocycles. The monoisotopic (exact) mass is 471 g/mol. The summed E-state index contributed by atoms with van der Waals surface area (Å²) in [5.74, 6) is 0.336. The van der Waals surface area contributed by atoms with Gasteiger partial charge in [0.25, 0.3) is 11.4 Å². The summed E-state index contributed by atoms with van der Waals surface area (Å²) in [5, 5.41) is 38.7. The van der Waals surface area contributed by atoms with Gasteiger partial charge in [0.2, 0.25) is 0 Å². The molecule has 0 aliphatic heterocycles. The number of nitrogens with zero attached hydrogens (tertiary/aromatic N) is 6. The number of H-pyrrole nitrogens is 1. The highest BCUT2D eigenvalue weighted by atomic mass is 16.6. The first kappa shape index (κ1) is 21.4. The maximum absolute atomic E-state index is 11.8. The Morgan fingerprint density at radius 3 is 2.23 bits per heavy atom. The van der Waals surface area contributed by atoms with Crippen molar-refractivity contribution in [2.24, 2.45) is 0 Å². The fourth-order valence-corrected chi connectivity index (χ4v) is 3.68. The van der Waals surface area contributed by atoms with Crippen LogP contribution < -0.4 is 0 Å². The van der Waals surface area contributed by atoms with Gasteiger partial charge in [-0.2, -0.15) is 5.10 Å². The van der Waals surface area contributed by atoms with Crippen molar-refractivity contribution in [1.29, 1.82) is 0 Å². The van der Waals surface area contributed by atoms with Crippen molar-refractivity contribution < 1.29 is 14.8 Å². The van der Waals surface area contributed by atoms with Gasteiger partial charge in [-0.3, -0.25) is 30.3 Å². The van der Waals surface area contributed by atoms with Crippen molar-refractivity contribution in [2.75, 3.05) is 0 Å². The van der Waals surface area contributed by atoms with Gasteiger partial charge in [-0.1, -0.05) is 24.3 Å². The van der Waals surface area contributed by atoms with E-state index >= 15 is 0 Å². The summed E-state index contributed by atoms with van der Waals surface area (Å²) in [5.41, 5.74) is 1.20. The van der Waals surface area contributed by atoms with E-state index in [2.05, 4.69) is 15.1 Å². The predicted molar refractivity (Wildman–Crippen MR) is 124 cm³/mol. The van der Waals surface area contributed by atoms with Gasteiger partial charge < -0.3 is 4.98 Å². The molecule has 13 nitrogen and oxygen atoms in total. The van der Waals surface area contributed by atoms with Gasteiger partial charge in [0, 0.05) is 23.8 Å². The van der Waals surface area contributed by atoms with Crippen LogP contribution in [0, 0.1) is 30.3 Å². The molecular weight excluding hydrogens is 458 g/mol. The third kappa shape index (κ3) is 3.82. The molecule has 0 aliphatic carbocycles. The Morgan fingerprint density at radius 1 is 0.771 bits per heavy atom. The Morgan fingerprint density at radius 2 is 1.51 bits per heavy atom. The summed E-state index contributed by atoms with van der Waals surface area (Å²) < 4.78 is 1.24. The normalized spacial score (nSPS) is 11.0. The third-order valence-corrected chi connectivity index (χ3v) is 5.29. The van der Waals surface area contributed by atoms with Crippen LogP contribution in [0.15, 0.2) is 72.8 Å². The lowest BCUT2D eigenvalue weighted by molar-refractivity contribution is -0.394. The van der Waals surface area contributed by atoms with E-state index in [0.29, 0.717) is 28.1 Å². The average Bonchev–Trinajstić information content (AvgIpc) is 3.48. The van der Waals surface area contributed by atoms with Crippen molar-refractivity contribution in [3.8, 4) is 28.5 Å². The number of benzene rings is 3. The molecule has 2 aromatic heterocycles. The maximum atomic E-state index is 11.8. The first-order valence-electron chi connectivity index (χ1n) is 10.0. The standard InChI is InChI=1S/C22H13N7O6/c30-27(31)14-5-3-4-13(10-14)18-12-21(22-23-16-6-1-2-7-17(16)24-22)26(25-18)19-9-8-15(28(32)33)11-20(19)29(34)35/h1-12H,(H,23,24). The second-order valence-corrected chi connectivity index (χ2v) is 7.42. The SMILES string of the molecule is O=[N+]([O-])c1cccc(-c2cc(-c3nc4ccccc4[nH]3)n(-c3ccc([N+](=O)[O-])cc3[N+](=O)[O-])n2)c1. The second kappa shape index (κ2) is 8.15. The molecular formula is C22H13N7O6. The van der Waals surface area contributed by atoms with Gasteiger partial charge in [0.1, 0.15) is 11.4 Å². The molecule has 0 saturated carbocycles. The lowest BCUT2D eigenvalue weighted by Gasteiger charge is -2.06. The Hall–Kier alpha value is -5.46. The Labute approximate surface area is 194 Å². The number of aromatic nitrogens is 4. The summed E-state index contributed by atoms with van der Waals surface area (Å²) >= 11 is 0. The van der Waals surface area contributed by atoms with Crippen molar-refractivity contribution in [3.63, 3.8) is 0 Å². The number of imidazole rings is 1. The number of aromatic amines is 1. The van der Waals surface area contributed by atoms with Crippen LogP contribution in [-0.4, -0.2) is 34.5 Å². The number of nitro benzene ring substituents is 3. The molecule has 0 aliphatic rings. The van der Waals surface area contributed by atoms with Gasteiger partial charge in [-0.05, 0) is 24.3 Å². The molecule has 1 N–H and O–H groups in total. The van der Waals surface area contributed by atoms with E-state index in [1.807, 2.05) is 12.1 Å². The van der Waals surface area contributed by atoms with E-state index in [1.165, 1.54) is 28.9 Å². The molecule has 5 rings (SSSR count). The molecule has 172 valence electrons. The number of para-hydroxylation sites is 2. The highest BCUT2D eigenvalue weighted by Crippen LogP contribution is 2.34. The lowest BCUT2D eigenvalue weighted by Crippen LogP contribution is -2.05. The van der Waals surface area contributed by atoms with Gasteiger partial charge in [-0.15, -0.1) is 0 Å². The maximum Gasteiger partial charge on any atom is 0.301 e. The Kier molecular flexibility index (Phi) is 4.98. The van der Waals surface area contributed by atoms with Crippen molar-refractivity contribution in [2.45, 2.75) is 0 Å². The first-order valence-corrected chi connectivity index (χ1v) is 10.0. The topological polar surface area (TPSA) is 176 Å². The molecule has 0 atom stereocenters. The summed E-state index contributed by atoms with van der Waals surface area (Å²) in [6, 6.07) is 17.8. The molecule has 13 heteroatoms. The molecule has 3 aromatic carbocycles. The fraction of sp³-hybridized carbons (Fsp3) is 0. The minimum absolute atomic E-state index is 0.0345. The quantitative estimate of drug-likeness (QED) is 0.271. The van der Waals surface area contributed by atoms with Crippen molar-refractivity contribution >= 4 is 28.1 Å². The lowest BCUT2D eigenvalue weighted by atomic mass is 10.1. The highest BCUT2D eigenvalue weighted by Gasteiger charge is 2.25. The smallest absolute Gasteiger partial charge is 0.301 e. The molecule has 5 aromatic rings. The highest BCUT2D eigenvalue weighted by molar-refractivity contribution is 5.80. The fourth-order valence-electron chi connectivity index (χ4n) is 3.68. The molecule has 0 bridgehead atoms. The molecule has 0 radical (unpaired) electrons. The van der Waals surface area contributed by atoms with Gasteiger partial charge in [-0.25, -0.2) is 9.67 Å². The predicted octanol–water partition coefficient (Wildman–Crippen LogP) is 4.81. The molecule has 0 fully saturated rings. The third-order valence-electron chi connectivity index (χ3n) is 5.29. The number of nitro groups is 3. The number of non-ortho nitro benzene ring substituents is 2. The molecule has 35 heavy (non-hydrogen) atoms. The minimum Gasteiger partial charge on any atom is -0.337 e. The van der Waals surface area contributed by atoms with E-state index in [0.717, 1.165) is 12.1 Å². The largest absolute Gasteiger partial charge is 0.337 e.